The lowest BCUT2D eigenvalue weighted by atomic mass is 10.00. The summed E-state index contributed by atoms with van der Waals surface area (Å²) in [7, 11) is 0. The third-order valence-corrected chi connectivity index (χ3v) is 3.82. The highest BCUT2D eigenvalue weighted by Crippen LogP contribution is 2.14. The second kappa shape index (κ2) is 7.22. The molecule has 4 atom stereocenters. The maximum absolute atomic E-state index is 8.70. The topological polar surface area (TPSA) is 64.5 Å². The second-order valence-corrected chi connectivity index (χ2v) is 5.16. The molecule has 2 rings (SSSR count). The van der Waals surface area contributed by atoms with Gasteiger partial charge in [0.25, 0.3) is 0 Å². The molecule has 0 aromatic heterocycles. The van der Waals surface area contributed by atoms with Crippen LogP contribution in [-0.4, -0.2) is 49.6 Å². The van der Waals surface area contributed by atoms with Gasteiger partial charge in [-0.05, 0) is 36.8 Å². The molecule has 2 heterocycles. The molecule has 16 heavy (non-hydrogen) atoms. The van der Waals surface area contributed by atoms with E-state index in [0.29, 0.717) is 36.9 Å². The molecule has 2 aliphatic rings. The molecule has 96 valence electrons. The third-order valence-electron chi connectivity index (χ3n) is 3.82. The van der Waals surface area contributed by atoms with Gasteiger partial charge in [0.2, 0.25) is 0 Å². The Hall–Kier alpha value is -0.160. The van der Waals surface area contributed by atoms with E-state index in [0.717, 1.165) is 26.2 Å². The van der Waals surface area contributed by atoms with Crippen molar-refractivity contribution in [2.75, 3.05) is 39.4 Å². The van der Waals surface area contributed by atoms with Crippen LogP contribution < -0.4 is 10.6 Å². The van der Waals surface area contributed by atoms with Gasteiger partial charge in [-0.15, -0.1) is 0 Å². The summed E-state index contributed by atoms with van der Waals surface area (Å²) in [5.74, 6) is 2.35. The Morgan fingerprint density at radius 3 is 1.31 bits per heavy atom. The van der Waals surface area contributed by atoms with Crippen molar-refractivity contribution in [3.05, 3.63) is 0 Å². The number of hydrogen-bond donors (Lipinski definition) is 4. The summed E-state index contributed by atoms with van der Waals surface area (Å²) in [6.07, 6.45) is 0. The van der Waals surface area contributed by atoms with Gasteiger partial charge in [-0.25, -0.2) is 0 Å². The maximum Gasteiger partial charge on any atom is 0.0474 e. The van der Waals surface area contributed by atoms with Gasteiger partial charge in [-0.2, -0.15) is 0 Å². The lowest BCUT2D eigenvalue weighted by molar-refractivity contribution is 0.211. The van der Waals surface area contributed by atoms with Crippen LogP contribution in [0.1, 0.15) is 13.8 Å². The van der Waals surface area contributed by atoms with Crippen molar-refractivity contribution in [3.63, 3.8) is 0 Å². The van der Waals surface area contributed by atoms with Gasteiger partial charge in [0.05, 0.1) is 0 Å². The van der Waals surface area contributed by atoms with Gasteiger partial charge in [0, 0.05) is 26.3 Å². The number of aliphatic hydroxyl groups excluding tert-OH is 2. The van der Waals surface area contributed by atoms with Crippen LogP contribution in [0.4, 0.5) is 0 Å². The van der Waals surface area contributed by atoms with Crippen molar-refractivity contribution in [3.8, 4) is 0 Å². The molecule has 2 saturated heterocycles. The Kier molecular flexibility index (Phi) is 6.28. The summed E-state index contributed by atoms with van der Waals surface area (Å²) in [4.78, 5) is 0. The molecule has 0 unspecified atom stereocenters. The van der Waals surface area contributed by atoms with E-state index in [9.17, 15) is 0 Å². The van der Waals surface area contributed by atoms with E-state index in [4.69, 9.17) is 10.2 Å². The van der Waals surface area contributed by atoms with Gasteiger partial charge >= 0.3 is 0 Å². The summed E-state index contributed by atoms with van der Waals surface area (Å²) in [5.41, 5.74) is 0. The summed E-state index contributed by atoms with van der Waals surface area (Å²) >= 11 is 0. The van der Waals surface area contributed by atoms with E-state index >= 15 is 0 Å². The fourth-order valence-corrected chi connectivity index (χ4v) is 2.22. The zero-order chi connectivity index (χ0) is 12.0. The molecule has 0 bridgehead atoms. The van der Waals surface area contributed by atoms with Crippen LogP contribution in [0.15, 0.2) is 0 Å². The van der Waals surface area contributed by atoms with Crippen LogP contribution in [0.2, 0.25) is 0 Å². The largest absolute Gasteiger partial charge is 0.396 e. The predicted molar refractivity (Wildman–Crippen MR) is 65.2 cm³/mol. The summed E-state index contributed by atoms with van der Waals surface area (Å²) in [6, 6.07) is 0. The highest BCUT2D eigenvalue weighted by Gasteiger charge is 2.21. The van der Waals surface area contributed by atoms with Crippen molar-refractivity contribution >= 4 is 0 Å². The van der Waals surface area contributed by atoms with E-state index in [-0.39, 0.29) is 0 Å². The van der Waals surface area contributed by atoms with Gasteiger partial charge in [0.1, 0.15) is 0 Å². The highest BCUT2D eigenvalue weighted by molar-refractivity contribution is 4.77. The summed E-state index contributed by atoms with van der Waals surface area (Å²) < 4.78 is 0. The van der Waals surface area contributed by atoms with Crippen molar-refractivity contribution in [1.29, 1.82) is 0 Å². The average Bonchev–Trinajstić information content (AvgIpc) is 2.87. The minimum absolute atomic E-state index is 0.341. The lowest BCUT2D eigenvalue weighted by Crippen LogP contribution is -2.13. The van der Waals surface area contributed by atoms with E-state index in [1.54, 1.807) is 0 Å². The molecule has 0 amide bonds. The molecule has 4 N–H and O–H groups in total. The Bertz CT molecular complexity index is 170. The van der Waals surface area contributed by atoms with E-state index in [1.165, 1.54) is 0 Å². The molecular formula is C12H26N2O2. The van der Waals surface area contributed by atoms with Crippen LogP contribution in [0.3, 0.4) is 0 Å². The van der Waals surface area contributed by atoms with E-state index < -0.39 is 0 Å². The maximum atomic E-state index is 8.70. The van der Waals surface area contributed by atoms with Crippen molar-refractivity contribution in [2.24, 2.45) is 23.7 Å². The molecule has 0 spiro atoms. The Morgan fingerprint density at radius 1 is 0.812 bits per heavy atom. The average molecular weight is 230 g/mol. The molecule has 4 nitrogen and oxygen atoms in total. The number of rotatable bonds is 2. The summed E-state index contributed by atoms with van der Waals surface area (Å²) in [5, 5.41) is 23.8. The summed E-state index contributed by atoms with van der Waals surface area (Å²) in [6.45, 7) is 9.16. The van der Waals surface area contributed by atoms with Crippen LogP contribution in [0.5, 0.6) is 0 Å². The van der Waals surface area contributed by atoms with Crippen molar-refractivity contribution in [1.82, 2.24) is 10.6 Å². The number of hydrogen-bond acceptors (Lipinski definition) is 4. The van der Waals surface area contributed by atoms with Crippen LogP contribution in [0.25, 0.3) is 0 Å². The highest BCUT2D eigenvalue weighted by atomic mass is 16.3. The van der Waals surface area contributed by atoms with Crippen LogP contribution in [-0.2, 0) is 0 Å². The quantitative estimate of drug-likeness (QED) is 0.524. The number of nitrogens with one attached hydrogen (secondary N) is 2. The molecular weight excluding hydrogens is 204 g/mol. The van der Waals surface area contributed by atoms with Gasteiger partial charge < -0.3 is 20.8 Å². The fourth-order valence-electron chi connectivity index (χ4n) is 2.22. The fraction of sp³-hybridized carbons (Fsp3) is 1.00. The number of aliphatic hydroxyl groups is 2. The normalized spacial score (nSPS) is 38.2. The Morgan fingerprint density at radius 2 is 1.19 bits per heavy atom. The van der Waals surface area contributed by atoms with Gasteiger partial charge in [0.15, 0.2) is 0 Å². The van der Waals surface area contributed by atoms with E-state index in [1.807, 2.05) is 0 Å². The monoisotopic (exact) mass is 230 g/mol. The van der Waals surface area contributed by atoms with Crippen LogP contribution >= 0.6 is 0 Å². The van der Waals surface area contributed by atoms with Gasteiger partial charge in [-0.3, -0.25) is 0 Å². The Balaban J connectivity index is 0.000000160. The van der Waals surface area contributed by atoms with Crippen molar-refractivity contribution in [2.45, 2.75) is 13.8 Å². The standard InChI is InChI=1S/2C6H13NO/c2*1-5-2-7-3-6(5)4-8/h2*5-8H,2-4H2,1H3/t2*5-,6+/m11/s1. The molecule has 0 aromatic rings. The molecule has 0 radical (unpaired) electrons. The lowest BCUT2D eigenvalue weighted by Gasteiger charge is -2.07. The molecule has 0 aliphatic carbocycles. The first kappa shape index (κ1) is 13.9. The van der Waals surface area contributed by atoms with Crippen LogP contribution in [0, 0.1) is 23.7 Å². The minimum atomic E-state index is 0.341. The second-order valence-electron chi connectivity index (χ2n) is 5.16. The molecule has 0 saturated carbocycles. The minimum Gasteiger partial charge on any atom is -0.396 e. The first-order valence-electron chi connectivity index (χ1n) is 6.32. The first-order valence-corrected chi connectivity index (χ1v) is 6.32. The van der Waals surface area contributed by atoms with E-state index in [2.05, 4.69) is 24.5 Å². The predicted octanol–water partition coefficient (Wildman–Crippen LogP) is -0.332. The smallest absolute Gasteiger partial charge is 0.0474 e. The first-order chi connectivity index (χ1) is 7.69. The van der Waals surface area contributed by atoms with Gasteiger partial charge in [-0.1, -0.05) is 13.8 Å². The molecule has 4 heteroatoms. The zero-order valence-electron chi connectivity index (χ0n) is 10.4. The van der Waals surface area contributed by atoms with Crippen molar-refractivity contribution < 1.29 is 10.2 Å². The SMILES string of the molecule is C[C@@H]1CNC[C@H]1CO.C[C@@H]1CNC[C@H]1CO. The molecule has 2 aliphatic heterocycles. The molecule has 0 aromatic carbocycles. The third kappa shape index (κ3) is 4.01. The Labute approximate surface area is 98.4 Å². The molecule has 2 fully saturated rings. The zero-order valence-corrected chi connectivity index (χ0v) is 10.4.